The average molecular weight is 455 g/mol. The molecule has 0 amide bonds. The van der Waals surface area contributed by atoms with Crippen LogP contribution in [-0.2, 0) is 6.42 Å². The summed E-state index contributed by atoms with van der Waals surface area (Å²) in [7, 11) is 2.01. The minimum Gasteiger partial charge on any atom is -0.487 e. The van der Waals surface area contributed by atoms with Gasteiger partial charge < -0.3 is 20.1 Å². The highest BCUT2D eigenvalue weighted by Crippen LogP contribution is 2.24. The predicted molar refractivity (Wildman–Crippen MR) is 127 cm³/mol. The van der Waals surface area contributed by atoms with Crippen molar-refractivity contribution in [3.8, 4) is 5.75 Å². The molecule has 2 N–H and O–H groups in total. The van der Waals surface area contributed by atoms with Crippen LogP contribution in [0.2, 0.25) is 5.02 Å². The molecule has 0 aliphatic heterocycles. The van der Waals surface area contributed by atoms with Crippen LogP contribution in [0.5, 0.6) is 5.75 Å². The third kappa shape index (κ3) is 6.59. The number of carbonyl (C=O) groups is 1. The fourth-order valence-electron chi connectivity index (χ4n) is 3.20. The number of carboxylic acids is 1. The number of benzene rings is 2. The smallest absolute Gasteiger partial charge is 0.339 e. The van der Waals surface area contributed by atoms with Gasteiger partial charge >= 0.3 is 5.97 Å². The van der Waals surface area contributed by atoms with E-state index in [1.807, 2.05) is 62.5 Å². The quantitative estimate of drug-likeness (QED) is 0.431. The number of halogens is 1. The van der Waals surface area contributed by atoms with Crippen molar-refractivity contribution in [3.05, 3.63) is 77.1 Å². The molecule has 0 saturated heterocycles. The van der Waals surface area contributed by atoms with E-state index < -0.39 is 5.97 Å². The molecule has 0 saturated carbocycles. The first kappa shape index (κ1) is 23.3. The zero-order chi connectivity index (χ0) is 22.9. The molecule has 168 valence electrons. The summed E-state index contributed by atoms with van der Waals surface area (Å²) >= 11 is 6.13. The summed E-state index contributed by atoms with van der Waals surface area (Å²) in [5.41, 5.74) is 1.75. The number of aromatic carboxylic acids is 1. The lowest BCUT2D eigenvalue weighted by atomic mass is 10.1. The molecule has 7 nitrogen and oxygen atoms in total. The van der Waals surface area contributed by atoms with Gasteiger partial charge in [0, 0.05) is 25.5 Å². The lowest BCUT2D eigenvalue weighted by Gasteiger charge is -2.19. The van der Waals surface area contributed by atoms with E-state index >= 15 is 0 Å². The monoisotopic (exact) mass is 454 g/mol. The third-order valence-electron chi connectivity index (χ3n) is 4.91. The van der Waals surface area contributed by atoms with Crippen LogP contribution in [0.25, 0.3) is 0 Å². The van der Waals surface area contributed by atoms with Crippen molar-refractivity contribution in [2.24, 2.45) is 0 Å². The Bertz CT molecular complexity index is 1030. The summed E-state index contributed by atoms with van der Waals surface area (Å²) < 4.78 is 5.84. The van der Waals surface area contributed by atoms with E-state index in [4.69, 9.17) is 16.3 Å². The molecule has 3 aromatic rings. The molecular weight excluding hydrogens is 428 g/mol. The molecule has 0 bridgehead atoms. The Kier molecular flexibility index (Phi) is 8.27. The number of hydrogen-bond acceptors (Lipinski definition) is 6. The van der Waals surface area contributed by atoms with Gasteiger partial charge in [0.2, 0.25) is 5.95 Å². The molecule has 8 heteroatoms. The van der Waals surface area contributed by atoms with Crippen molar-refractivity contribution in [2.75, 3.05) is 30.4 Å². The lowest BCUT2D eigenvalue weighted by molar-refractivity contribution is 0.0694. The summed E-state index contributed by atoms with van der Waals surface area (Å²) in [4.78, 5) is 22.4. The van der Waals surface area contributed by atoms with Gasteiger partial charge in [0.15, 0.2) is 0 Å². The maximum atomic E-state index is 11.6. The number of nitrogens with zero attached hydrogens (tertiary/aromatic N) is 3. The third-order valence-corrected chi connectivity index (χ3v) is 5.23. The normalized spacial score (nSPS) is 11.6. The lowest BCUT2D eigenvalue weighted by Crippen LogP contribution is -2.24. The number of aryl methyl sites for hydroxylation is 1. The van der Waals surface area contributed by atoms with Crippen LogP contribution in [0.1, 0.15) is 29.4 Å². The van der Waals surface area contributed by atoms with Gasteiger partial charge in [0.1, 0.15) is 11.9 Å². The zero-order valence-electron chi connectivity index (χ0n) is 18.2. The van der Waals surface area contributed by atoms with Gasteiger partial charge in [-0.15, -0.1) is 0 Å². The Morgan fingerprint density at radius 3 is 2.62 bits per heavy atom. The van der Waals surface area contributed by atoms with Gasteiger partial charge in [-0.2, -0.15) is 0 Å². The fourth-order valence-corrected chi connectivity index (χ4v) is 3.38. The Labute approximate surface area is 193 Å². The summed E-state index contributed by atoms with van der Waals surface area (Å²) in [6.07, 6.45) is 2.45. The van der Waals surface area contributed by atoms with Crippen LogP contribution >= 0.6 is 11.6 Å². The number of nitrogens with one attached hydrogen (secondary N) is 1. The highest BCUT2D eigenvalue weighted by molar-refractivity contribution is 6.32. The van der Waals surface area contributed by atoms with Crippen molar-refractivity contribution in [1.82, 2.24) is 9.97 Å². The van der Waals surface area contributed by atoms with Crippen LogP contribution in [0.3, 0.4) is 0 Å². The number of para-hydroxylation sites is 2. The molecule has 0 radical (unpaired) electrons. The number of aromatic nitrogens is 2. The van der Waals surface area contributed by atoms with Gasteiger partial charge in [-0.1, -0.05) is 41.9 Å². The Morgan fingerprint density at radius 1 is 1.19 bits per heavy atom. The second-order valence-corrected chi connectivity index (χ2v) is 7.87. The number of hydrogen-bond donors (Lipinski definition) is 2. The second-order valence-electron chi connectivity index (χ2n) is 7.46. The first-order chi connectivity index (χ1) is 15.4. The van der Waals surface area contributed by atoms with Crippen molar-refractivity contribution in [3.63, 3.8) is 0 Å². The topological polar surface area (TPSA) is 87.6 Å². The Balaban J connectivity index is 1.58. The molecular formula is C24H27ClN4O3. The number of carboxylic acid groups (broad SMARTS) is 1. The van der Waals surface area contributed by atoms with Crippen LogP contribution < -0.4 is 15.0 Å². The van der Waals surface area contributed by atoms with Gasteiger partial charge in [-0.05, 0) is 44.0 Å². The highest BCUT2D eigenvalue weighted by atomic mass is 35.5. The number of anilines is 2. The Hall–Kier alpha value is -3.32. The molecule has 0 aliphatic rings. The van der Waals surface area contributed by atoms with E-state index in [-0.39, 0.29) is 11.7 Å². The summed E-state index contributed by atoms with van der Waals surface area (Å²) in [5.74, 6) is -0.0526. The van der Waals surface area contributed by atoms with E-state index in [1.165, 1.54) is 6.20 Å². The van der Waals surface area contributed by atoms with Gasteiger partial charge in [0.25, 0.3) is 0 Å². The van der Waals surface area contributed by atoms with E-state index in [0.717, 1.165) is 18.7 Å². The van der Waals surface area contributed by atoms with Crippen molar-refractivity contribution >= 4 is 29.2 Å². The molecule has 0 unspecified atom stereocenters. The van der Waals surface area contributed by atoms with Crippen molar-refractivity contribution in [1.29, 1.82) is 0 Å². The molecule has 32 heavy (non-hydrogen) atoms. The molecule has 3 rings (SSSR count). The molecule has 0 spiro atoms. The maximum Gasteiger partial charge on any atom is 0.339 e. The van der Waals surface area contributed by atoms with Crippen LogP contribution in [0, 0.1) is 0 Å². The average Bonchev–Trinajstić information content (AvgIpc) is 2.79. The highest BCUT2D eigenvalue weighted by Gasteiger charge is 2.15. The van der Waals surface area contributed by atoms with E-state index in [9.17, 15) is 9.90 Å². The van der Waals surface area contributed by atoms with Gasteiger partial charge in [0.05, 0.1) is 22.8 Å². The molecule has 0 aliphatic carbocycles. The summed E-state index contributed by atoms with van der Waals surface area (Å²) in [6.45, 7) is 3.12. The molecule has 0 fully saturated rings. The van der Waals surface area contributed by atoms with E-state index in [1.54, 1.807) is 6.07 Å². The van der Waals surface area contributed by atoms with Crippen LogP contribution in [0.15, 0.2) is 60.8 Å². The standard InChI is InChI=1S/C24H27ClN4O3/c1-17(32-22-13-7-6-11-20(22)25)15-26-24-27-16-19(23(30)31)21(28-24)12-8-14-29(2)18-9-4-3-5-10-18/h3-7,9-11,13,16-17H,8,12,14-15H2,1-2H3,(H,30,31)(H,26,27,28)/t17-/m0/s1. The largest absolute Gasteiger partial charge is 0.487 e. The first-order valence-corrected chi connectivity index (χ1v) is 10.8. The zero-order valence-corrected chi connectivity index (χ0v) is 18.9. The van der Waals surface area contributed by atoms with Crippen molar-refractivity contribution in [2.45, 2.75) is 25.9 Å². The fraction of sp³-hybridized carbons (Fsp3) is 0.292. The Morgan fingerprint density at radius 2 is 1.91 bits per heavy atom. The minimum absolute atomic E-state index is 0.123. The van der Waals surface area contributed by atoms with Crippen molar-refractivity contribution < 1.29 is 14.6 Å². The van der Waals surface area contributed by atoms with Crippen LogP contribution in [-0.4, -0.2) is 47.3 Å². The van der Waals surface area contributed by atoms with Gasteiger partial charge in [-0.25, -0.2) is 14.8 Å². The second kappa shape index (κ2) is 11.3. The molecule has 1 atom stereocenters. The number of ether oxygens (including phenoxy) is 1. The first-order valence-electron chi connectivity index (χ1n) is 10.4. The SMILES string of the molecule is C[C@@H](CNc1ncc(C(=O)O)c(CCCN(C)c2ccccc2)n1)Oc1ccccc1Cl. The molecule has 2 aromatic carbocycles. The number of rotatable bonds is 11. The van der Waals surface area contributed by atoms with E-state index in [0.29, 0.717) is 35.4 Å². The predicted octanol–water partition coefficient (Wildman–Crippen LogP) is 4.78. The molecule has 1 heterocycles. The summed E-state index contributed by atoms with van der Waals surface area (Å²) in [6, 6.07) is 17.3. The summed E-state index contributed by atoms with van der Waals surface area (Å²) in [5, 5.41) is 13.2. The van der Waals surface area contributed by atoms with E-state index in [2.05, 4.69) is 20.2 Å². The minimum atomic E-state index is -1.03. The molecule has 1 aromatic heterocycles. The maximum absolute atomic E-state index is 11.6. The van der Waals surface area contributed by atoms with Gasteiger partial charge in [-0.3, -0.25) is 0 Å². The van der Waals surface area contributed by atoms with Crippen LogP contribution in [0.4, 0.5) is 11.6 Å².